The van der Waals surface area contributed by atoms with Gasteiger partial charge in [0.05, 0.1) is 30.1 Å². The van der Waals surface area contributed by atoms with Crippen LogP contribution in [0.5, 0.6) is 5.75 Å². The smallest absolute Gasteiger partial charge is 0.335 e. The Balaban J connectivity index is 1.54. The van der Waals surface area contributed by atoms with Gasteiger partial charge in [-0.05, 0) is 60.7 Å². The maximum Gasteiger partial charge on any atom is 0.335 e. The third-order valence-corrected chi connectivity index (χ3v) is 7.14. The maximum absolute atomic E-state index is 12.6. The molecule has 2 aromatic carbocycles. The molecule has 5 rings (SSSR count). The van der Waals surface area contributed by atoms with Crippen molar-refractivity contribution >= 4 is 40.6 Å². The van der Waals surface area contributed by atoms with Crippen LogP contribution in [0.2, 0.25) is 0 Å². The van der Waals surface area contributed by atoms with E-state index < -0.39 is 17.4 Å². The molecule has 0 spiro atoms. The number of benzene rings is 2. The van der Waals surface area contributed by atoms with E-state index in [1.165, 1.54) is 0 Å². The van der Waals surface area contributed by atoms with Crippen LogP contribution in [0.25, 0.3) is 11.3 Å². The lowest BCUT2D eigenvalue weighted by molar-refractivity contribution is -0.123. The lowest BCUT2D eigenvalue weighted by Gasteiger charge is -2.27. The van der Waals surface area contributed by atoms with Gasteiger partial charge < -0.3 is 29.8 Å². The molecule has 41 heavy (non-hydrogen) atoms. The van der Waals surface area contributed by atoms with Crippen molar-refractivity contribution in [3.63, 3.8) is 0 Å². The molecule has 1 aliphatic rings. The number of carbonyl (C=O) groups is 2. The summed E-state index contributed by atoms with van der Waals surface area (Å²) in [6.45, 7) is 5.54. The Morgan fingerprint density at radius 3 is 2.46 bits per heavy atom. The molecule has 0 radical (unpaired) electrons. The number of pyridine rings is 1. The first-order valence-electron chi connectivity index (χ1n) is 13.0. The second-order valence-corrected chi connectivity index (χ2v) is 11.1. The van der Waals surface area contributed by atoms with Crippen molar-refractivity contribution in [2.45, 2.75) is 32.9 Å². The molecular formula is C31H30N4O5S. The Kier molecular flexibility index (Phi) is 7.51. The number of carboxylic acids is 1. The van der Waals surface area contributed by atoms with E-state index in [1.807, 2.05) is 68.1 Å². The van der Waals surface area contributed by atoms with Crippen molar-refractivity contribution in [2.75, 3.05) is 17.3 Å². The van der Waals surface area contributed by atoms with E-state index in [4.69, 9.17) is 21.4 Å². The number of aromatic nitrogens is 1. The molecule has 0 unspecified atom stereocenters. The average Bonchev–Trinajstić information content (AvgIpc) is 3.58. The van der Waals surface area contributed by atoms with E-state index >= 15 is 0 Å². The van der Waals surface area contributed by atoms with Crippen LogP contribution in [-0.4, -0.2) is 34.2 Å². The van der Waals surface area contributed by atoms with Gasteiger partial charge in [-0.15, -0.1) is 0 Å². The fourth-order valence-corrected chi connectivity index (χ4v) is 4.95. The predicted molar refractivity (Wildman–Crippen MR) is 160 cm³/mol. The zero-order valence-corrected chi connectivity index (χ0v) is 23.9. The number of thiocarbonyl (C=S) groups is 1. The van der Waals surface area contributed by atoms with E-state index in [9.17, 15) is 14.7 Å². The van der Waals surface area contributed by atoms with Crippen LogP contribution in [0.4, 0.5) is 11.4 Å². The molecule has 1 fully saturated rings. The molecule has 1 aliphatic heterocycles. The van der Waals surface area contributed by atoms with Crippen LogP contribution >= 0.6 is 12.2 Å². The predicted octanol–water partition coefficient (Wildman–Crippen LogP) is 6.21. The van der Waals surface area contributed by atoms with Gasteiger partial charge in [-0.1, -0.05) is 39.0 Å². The number of carboxylic acid groups (broad SMARTS) is 1. The van der Waals surface area contributed by atoms with Crippen LogP contribution in [-0.2, 0) is 4.79 Å². The highest BCUT2D eigenvalue weighted by atomic mass is 32.1. The van der Waals surface area contributed by atoms with Gasteiger partial charge in [0.2, 0.25) is 5.91 Å². The molecule has 10 heteroatoms. The Morgan fingerprint density at radius 1 is 1.07 bits per heavy atom. The van der Waals surface area contributed by atoms with Gasteiger partial charge in [0.15, 0.2) is 5.11 Å². The first kappa shape index (κ1) is 27.9. The number of nitrogens with zero attached hydrogens (tertiary/aromatic N) is 2. The molecule has 2 atom stereocenters. The fraction of sp³-hybridized carbons (Fsp3) is 0.226. The highest BCUT2D eigenvalue weighted by molar-refractivity contribution is 7.80. The number of hydrogen-bond acceptors (Lipinski definition) is 6. The van der Waals surface area contributed by atoms with Crippen LogP contribution in [0.3, 0.4) is 0 Å². The first-order chi connectivity index (χ1) is 19.6. The number of nitrogens with one attached hydrogen (secondary N) is 2. The number of rotatable bonds is 7. The van der Waals surface area contributed by atoms with Crippen LogP contribution < -0.4 is 20.3 Å². The van der Waals surface area contributed by atoms with Crippen molar-refractivity contribution in [3.05, 3.63) is 96.0 Å². The second-order valence-electron chi connectivity index (χ2n) is 10.7. The zero-order chi connectivity index (χ0) is 29.3. The third-order valence-electron chi connectivity index (χ3n) is 6.83. The molecule has 1 amide bonds. The van der Waals surface area contributed by atoms with E-state index in [1.54, 1.807) is 43.6 Å². The Labute approximate surface area is 243 Å². The summed E-state index contributed by atoms with van der Waals surface area (Å²) in [5.74, 6) is 0.591. The van der Waals surface area contributed by atoms with Crippen LogP contribution in [0.15, 0.2) is 83.4 Å². The summed E-state index contributed by atoms with van der Waals surface area (Å²) < 4.78 is 12.0. The molecule has 3 N–H and O–H groups in total. The lowest BCUT2D eigenvalue weighted by Crippen LogP contribution is -2.30. The summed E-state index contributed by atoms with van der Waals surface area (Å²) >= 11 is 5.83. The largest absolute Gasteiger partial charge is 0.494 e. The average molecular weight is 571 g/mol. The van der Waals surface area contributed by atoms with Crippen molar-refractivity contribution in [3.8, 4) is 17.1 Å². The molecule has 0 bridgehead atoms. The summed E-state index contributed by atoms with van der Waals surface area (Å²) in [4.78, 5) is 30.4. The van der Waals surface area contributed by atoms with Gasteiger partial charge in [-0.3, -0.25) is 9.78 Å². The topological polar surface area (TPSA) is 117 Å². The van der Waals surface area contributed by atoms with Crippen molar-refractivity contribution < 1.29 is 23.8 Å². The number of aromatic carboxylic acids is 1. The Hall–Kier alpha value is -4.70. The number of furan rings is 1. The van der Waals surface area contributed by atoms with Gasteiger partial charge in [0.25, 0.3) is 0 Å². The summed E-state index contributed by atoms with van der Waals surface area (Å²) in [6, 6.07) is 20.7. The quantitative estimate of drug-likeness (QED) is 0.223. The summed E-state index contributed by atoms with van der Waals surface area (Å²) in [5, 5.41) is 16.1. The number of anilines is 2. The van der Waals surface area contributed by atoms with Gasteiger partial charge in [-0.2, -0.15) is 0 Å². The van der Waals surface area contributed by atoms with Gasteiger partial charge >= 0.3 is 5.97 Å². The monoisotopic (exact) mass is 570 g/mol. The number of carbonyl (C=O) groups excluding carboxylic acids is 1. The molecule has 1 saturated heterocycles. The van der Waals surface area contributed by atoms with E-state index in [0.29, 0.717) is 28.1 Å². The van der Waals surface area contributed by atoms with Crippen molar-refractivity contribution in [2.24, 2.45) is 5.41 Å². The van der Waals surface area contributed by atoms with Gasteiger partial charge in [0, 0.05) is 28.9 Å². The second kappa shape index (κ2) is 11.1. The minimum Gasteiger partial charge on any atom is -0.494 e. The lowest BCUT2D eigenvalue weighted by atomic mass is 9.95. The molecular weight excluding hydrogens is 540 g/mol. The minimum absolute atomic E-state index is 0.130. The van der Waals surface area contributed by atoms with Crippen molar-refractivity contribution in [1.82, 2.24) is 10.3 Å². The van der Waals surface area contributed by atoms with E-state index in [0.717, 1.165) is 16.9 Å². The summed E-state index contributed by atoms with van der Waals surface area (Å²) in [6.07, 6.45) is 1.73. The molecule has 0 saturated carbocycles. The molecule has 2 aromatic heterocycles. The van der Waals surface area contributed by atoms with E-state index in [2.05, 4.69) is 15.6 Å². The maximum atomic E-state index is 12.6. The molecule has 3 heterocycles. The first-order valence-corrected chi connectivity index (χ1v) is 13.4. The molecule has 9 nitrogen and oxygen atoms in total. The highest BCUT2D eigenvalue weighted by Crippen LogP contribution is 2.44. The number of ether oxygens (including phenoxy) is 1. The Bertz CT molecular complexity index is 1590. The SMILES string of the molecule is COc1cc(N2C(=S)N[C@@H](c3ccccn3)[C@H]2c2ccc(-c3ccc(C(=O)O)cc3)o2)ccc1NC(=O)C(C)(C)C. The zero-order valence-electron chi connectivity index (χ0n) is 23.0. The summed E-state index contributed by atoms with van der Waals surface area (Å²) in [5.41, 5.74) is 2.44. The number of amides is 1. The molecule has 210 valence electrons. The molecule has 0 aliphatic carbocycles. The molecule has 4 aromatic rings. The minimum atomic E-state index is -0.990. The van der Waals surface area contributed by atoms with Crippen LogP contribution in [0.1, 0.15) is 54.7 Å². The summed E-state index contributed by atoms with van der Waals surface area (Å²) in [7, 11) is 1.55. The van der Waals surface area contributed by atoms with Gasteiger partial charge in [0.1, 0.15) is 23.3 Å². The number of methoxy groups -OCH3 is 1. The fourth-order valence-electron chi connectivity index (χ4n) is 4.61. The van der Waals surface area contributed by atoms with E-state index in [-0.39, 0.29) is 17.5 Å². The normalized spacial score (nSPS) is 16.8. The highest BCUT2D eigenvalue weighted by Gasteiger charge is 2.43. The van der Waals surface area contributed by atoms with Gasteiger partial charge in [-0.25, -0.2) is 4.79 Å². The number of hydrogen-bond donors (Lipinski definition) is 3. The van der Waals surface area contributed by atoms with Crippen molar-refractivity contribution in [1.29, 1.82) is 0 Å². The third kappa shape index (κ3) is 5.64. The van der Waals surface area contributed by atoms with Crippen LogP contribution in [0, 0.1) is 5.41 Å². The standard InChI is InChI=1S/C31H30N4O5S/c1-31(2,3)29(38)33-21-13-12-20(17-25(21)39-4)35-27(26(34-30(35)41)22-7-5-6-16-32-22)24-15-14-23(40-24)18-8-10-19(11-9-18)28(36)37/h5-17,26-27H,1-4H3,(H,33,38)(H,34,41)(H,36,37)/t26-,27+/m0/s1. The Morgan fingerprint density at radius 2 is 1.83 bits per heavy atom.